The number of nitrogens with zero attached hydrogens (tertiary/aromatic N) is 3. The molecule has 6 heteroatoms. The lowest BCUT2D eigenvalue weighted by atomic mass is 10.2. The molecule has 0 spiro atoms. The summed E-state index contributed by atoms with van der Waals surface area (Å²) in [6.45, 7) is 3.67. The number of pyridine rings is 1. The van der Waals surface area contributed by atoms with Gasteiger partial charge in [-0.1, -0.05) is 11.8 Å². The minimum atomic E-state index is -0.0434. The van der Waals surface area contributed by atoms with Crippen LogP contribution in [0.2, 0.25) is 0 Å². The molecule has 2 aliphatic heterocycles. The lowest BCUT2D eigenvalue weighted by Gasteiger charge is -2.15. The number of nitrogens with one attached hydrogen (secondary N) is 1. The number of rotatable bonds is 3. The van der Waals surface area contributed by atoms with Crippen molar-refractivity contribution in [2.75, 3.05) is 18.4 Å². The van der Waals surface area contributed by atoms with Crippen LogP contribution < -0.4 is 5.32 Å². The highest BCUT2D eigenvalue weighted by Gasteiger charge is 2.27. The normalized spacial score (nSPS) is 17.0. The number of hydrogen-bond donors (Lipinski definition) is 1. The molecular formula is C13H14N4OS. The Kier molecular flexibility index (Phi) is 3.25. The molecular weight excluding hydrogens is 260 g/mol. The van der Waals surface area contributed by atoms with Crippen molar-refractivity contribution in [2.45, 2.75) is 13.3 Å². The monoisotopic (exact) mass is 274 g/mol. The van der Waals surface area contributed by atoms with Crippen molar-refractivity contribution in [3.63, 3.8) is 0 Å². The van der Waals surface area contributed by atoms with Gasteiger partial charge in [-0.2, -0.15) is 0 Å². The average molecular weight is 274 g/mol. The van der Waals surface area contributed by atoms with Crippen LogP contribution in [0.25, 0.3) is 0 Å². The van der Waals surface area contributed by atoms with Crippen LogP contribution in [0.4, 0.5) is 5.82 Å². The summed E-state index contributed by atoms with van der Waals surface area (Å²) in [5.74, 6) is 0.560. The highest BCUT2D eigenvalue weighted by molar-refractivity contribution is 8.16. The van der Waals surface area contributed by atoms with Gasteiger partial charge in [0.25, 0.3) is 0 Å². The third-order valence-electron chi connectivity index (χ3n) is 2.97. The van der Waals surface area contributed by atoms with E-state index in [1.807, 2.05) is 24.5 Å². The molecule has 0 saturated carbocycles. The summed E-state index contributed by atoms with van der Waals surface area (Å²) in [6, 6.07) is 3.76. The first-order chi connectivity index (χ1) is 9.22. The molecule has 19 heavy (non-hydrogen) atoms. The maximum Gasteiger partial charge on any atom is 0.231 e. The number of amidine groups is 1. The van der Waals surface area contributed by atoms with Crippen LogP contribution in [0.5, 0.6) is 0 Å². The third kappa shape index (κ3) is 2.63. The number of carbonyl (C=O) groups excluding carboxylic acids is 1. The smallest absolute Gasteiger partial charge is 0.231 e. The van der Waals surface area contributed by atoms with Crippen molar-refractivity contribution in [3.8, 4) is 0 Å². The predicted octanol–water partition coefficient (Wildman–Crippen LogP) is 1.98. The second kappa shape index (κ2) is 5.05. The summed E-state index contributed by atoms with van der Waals surface area (Å²) in [5, 5.41) is 5.83. The highest BCUT2D eigenvalue weighted by Crippen LogP contribution is 2.30. The van der Waals surface area contributed by atoms with Gasteiger partial charge < -0.3 is 10.2 Å². The highest BCUT2D eigenvalue weighted by atomic mass is 32.2. The first-order valence-electron chi connectivity index (χ1n) is 6.12. The Morgan fingerprint density at radius 1 is 1.58 bits per heavy atom. The van der Waals surface area contributed by atoms with Gasteiger partial charge in [0, 0.05) is 18.4 Å². The molecule has 1 aromatic heterocycles. The van der Waals surface area contributed by atoms with Gasteiger partial charge in [-0.25, -0.2) is 4.98 Å². The van der Waals surface area contributed by atoms with Gasteiger partial charge in [0.05, 0.1) is 13.0 Å². The van der Waals surface area contributed by atoms with Gasteiger partial charge in [0.15, 0.2) is 5.17 Å². The summed E-state index contributed by atoms with van der Waals surface area (Å²) in [5.41, 5.74) is 2.10. The predicted molar refractivity (Wildman–Crippen MR) is 76.9 cm³/mol. The van der Waals surface area contributed by atoms with Crippen molar-refractivity contribution >= 4 is 28.7 Å². The van der Waals surface area contributed by atoms with Crippen molar-refractivity contribution in [3.05, 3.63) is 35.0 Å². The molecule has 1 N–H and O–H groups in total. The lowest BCUT2D eigenvalue weighted by molar-refractivity contribution is -0.115. The summed E-state index contributed by atoms with van der Waals surface area (Å²) in [6.07, 6.45) is 2.06. The number of aryl methyl sites for hydroxylation is 1. The number of aliphatic imine (C=N–C) groups is 1. The third-order valence-corrected chi connectivity index (χ3v) is 3.92. The van der Waals surface area contributed by atoms with Crippen molar-refractivity contribution in [1.82, 2.24) is 9.88 Å². The number of thioether (sulfide) groups is 1. The van der Waals surface area contributed by atoms with E-state index in [4.69, 9.17) is 0 Å². The number of carbonyl (C=O) groups is 1. The molecule has 1 aromatic rings. The fraction of sp³-hybridized carbons (Fsp3) is 0.308. The van der Waals surface area contributed by atoms with Gasteiger partial charge in [0.1, 0.15) is 5.82 Å². The summed E-state index contributed by atoms with van der Waals surface area (Å²) < 4.78 is 0. The molecule has 0 bridgehead atoms. The molecule has 0 aliphatic carbocycles. The molecule has 3 heterocycles. The lowest BCUT2D eigenvalue weighted by Crippen LogP contribution is -2.24. The Morgan fingerprint density at radius 2 is 2.47 bits per heavy atom. The molecule has 0 unspecified atom stereocenters. The molecule has 3 rings (SSSR count). The van der Waals surface area contributed by atoms with Crippen LogP contribution in [-0.4, -0.2) is 34.0 Å². The zero-order valence-electron chi connectivity index (χ0n) is 10.6. The van der Waals surface area contributed by atoms with E-state index in [0.29, 0.717) is 12.2 Å². The van der Waals surface area contributed by atoms with Gasteiger partial charge in [-0.15, -0.1) is 0 Å². The number of anilines is 1. The molecule has 5 nitrogen and oxygen atoms in total. The Hall–Kier alpha value is -1.82. The van der Waals surface area contributed by atoms with E-state index in [-0.39, 0.29) is 5.91 Å². The van der Waals surface area contributed by atoms with E-state index in [1.165, 1.54) is 0 Å². The fourth-order valence-corrected chi connectivity index (χ4v) is 3.03. The van der Waals surface area contributed by atoms with Gasteiger partial charge in [-0.3, -0.25) is 9.79 Å². The summed E-state index contributed by atoms with van der Waals surface area (Å²) >= 11 is 1.59. The molecule has 98 valence electrons. The molecule has 1 amide bonds. The quantitative estimate of drug-likeness (QED) is 0.915. The zero-order chi connectivity index (χ0) is 13.2. The number of fused-ring (bicyclic) bond motifs is 1. The van der Waals surface area contributed by atoms with Crippen LogP contribution >= 0.6 is 11.8 Å². The minimum Gasteiger partial charge on any atom is -0.322 e. The standard InChI is InChI=1S/C13H14N4OS/c1-9-2-3-14-11(6-9)16-12(18)7-10-8-19-13-15-4-5-17(10)13/h2-3,6,8H,4-5,7H2,1H3,(H,14,16,18). The van der Waals surface area contributed by atoms with E-state index < -0.39 is 0 Å². The molecule has 2 aliphatic rings. The Balaban J connectivity index is 1.62. The second-order valence-electron chi connectivity index (χ2n) is 4.49. The van der Waals surface area contributed by atoms with E-state index in [9.17, 15) is 4.79 Å². The molecule has 0 radical (unpaired) electrons. The van der Waals surface area contributed by atoms with Crippen LogP contribution in [0.1, 0.15) is 12.0 Å². The fourth-order valence-electron chi connectivity index (χ4n) is 2.07. The maximum absolute atomic E-state index is 12.0. The maximum atomic E-state index is 12.0. The molecule has 0 fully saturated rings. The largest absolute Gasteiger partial charge is 0.322 e. The van der Waals surface area contributed by atoms with Gasteiger partial charge in [0.2, 0.25) is 5.91 Å². The summed E-state index contributed by atoms with van der Waals surface area (Å²) in [4.78, 5) is 22.6. The van der Waals surface area contributed by atoms with Crippen LogP contribution in [-0.2, 0) is 4.79 Å². The first kappa shape index (κ1) is 12.2. The number of hydrogen-bond acceptors (Lipinski definition) is 5. The topological polar surface area (TPSA) is 57.6 Å². The molecule has 0 atom stereocenters. The van der Waals surface area contributed by atoms with Gasteiger partial charge >= 0.3 is 0 Å². The first-order valence-corrected chi connectivity index (χ1v) is 7.00. The SMILES string of the molecule is Cc1ccnc(NC(=O)CC2=CSC3=NCCN23)c1. The van der Waals surface area contributed by atoms with Gasteiger partial charge in [-0.05, 0) is 30.0 Å². The number of amides is 1. The van der Waals surface area contributed by atoms with E-state index in [0.717, 1.165) is 29.5 Å². The Morgan fingerprint density at radius 3 is 3.32 bits per heavy atom. The molecule has 0 saturated heterocycles. The van der Waals surface area contributed by atoms with Crippen molar-refractivity contribution in [1.29, 1.82) is 0 Å². The van der Waals surface area contributed by atoms with Crippen LogP contribution in [0.3, 0.4) is 0 Å². The van der Waals surface area contributed by atoms with Crippen LogP contribution in [0.15, 0.2) is 34.4 Å². The Bertz CT molecular complexity index is 582. The van der Waals surface area contributed by atoms with E-state index in [2.05, 4.69) is 20.2 Å². The van der Waals surface area contributed by atoms with Crippen molar-refractivity contribution in [2.24, 2.45) is 4.99 Å². The van der Waals surface area contributed by atoms with E-state index in [1.54, 1.807) is 18.0 Å². The van der Waals surface area contributed by atoms with Crippen LogP contribution in [0, 0.1) is 6.92 Å². The summed E-state index contributed by atoms with van der Waals surface area (Å²) in [7, 11) is 0. The number of aromatic nitrogens is 1. The van der Waals surface area contributed by atoms with Crippen molar-refractivity contribution < 1.29 is 4.79 Å². The zero-order valence-corrected chi connectivity index (χ0v) is 11.4. The van der Waals surface area contributed by atoms with E-state index >= 15 is 0 Å². The average Bonchev–Trinajstić information content (AvgIpc) is 2.94. The minimum absolute atomic E-state index is 0.0434. The molecule has 0 aromatic carbocycles. The Labute approximate surface area is 115 Å². The second-order valence-corrected chi connectivity index (χ2v) is 5.32.